The minimum absolute atomic E-state index is 0.0726. The zero-order valence-electron chi connectivity index (χ0n) is 13.2. The highest BCUT2D eigenvalue weighted by Gasteiger charge is 2.37. The Morgan fingerprint density at radius 1 is 1.24 bits per heavy atom. The van der Waals surface area contributed by atoms with Crippen molar-refractivity contribution >= 4 is 8.32 Å². The smallest absolute Gasteiger partial charge is 0.434 e. The molecular weight excluding hydrogens is 297 g/mol. The number of imidazole rings is 1. The summed E-state index contributed by atoms with van der Waals surface area (Å²) in [7, 11) is -1.80. The van der Waals surface area contributed by atoms with Crippen LogP contribution in [0.25, 0.3) is 0 Å². The van der Waals surface area contributed by atoms with Crippen LogP contribution in [0.4, 0.5) is 13.2 Å². The van der Waals surface area contributed by atoms with Crippen LogP contribution in [0, 0.1) is 0 Å². The van der Waals surface area contributed by atoms with Crippen molar-refractivity contribution in [3.05, 3.63) is 18.2 Å². The molecule has 1 aromatic rings. The molecule has 0 N–H and O–H groups in total. The Kier molecular flexibility index (Phi) is 4.03. The molecule has 7 heteroatoms. The molecule has 0 saturated heterocycles. The molecule has 0 aromatic carbocycles. The van der Waals surface area contributed by atoms with E-state index in [2.05, 4.69) is 38.8 Å². The highest BCUT2D eigenvalue weighted by Crippen LogP contribution is 2.43. The zero-order chi connectivity index (χ0) is 16.1. The van der Waals surface area contributed by atoms with E-state index in [-0.39, 0.29) is 17.2 Å². The molecule has 0 amide bonds. The predicted molar refractivity (Wildman–Crippen MR) is 77.6 cm³/mol. The lowest BCUT2D eigenvalue weighted by atomic mass is 9.89. The van der Waals surface area contributed by atoms with E-state index in [1.807, 2.05) is 0 Å². The van der Waals surface area contributed by atoms with Crippen LogP contribution in [0.3, 0.4) is 0 Å². The molecule has 0 aliphatic heterocycles. The number of halogens is 3. The maximum Gasteiger partial charge on any atom is 0.434 e. The average Bonchev–Trinajstić information content (AvgIpc) is 2.69. The van der Waals surface area contributed by atoms with Crippen molar-refractivity contribution in [2.24, 2.45) is 0 Å². The summed E-state index contributed by atoms with van der Waals surface area (Å²) < 4.78 is 45.4. The van der Waals surface area contributed by atoms with E-state index in [1.54, 1.807) is 4.57 Å². The van der Waals surface area contributed by atoms with Crippen molar-refractivity contribution in [1.29, 1.82) is 0 Å². The fourth-order valence-electron chi connectivity index (χ4n) is 2.15. The number of alkyl halides is 3. The molecule has 3 nitrogen and oxygen atoms in total. The first kappa shape index (κ1) is 16.5. The van der Waals surface area contributed by atoms with Crippen LogP contribution in [0.2, 0.25) is 18.1 Å². The van der Waals surface area contributed by atoms with Crippen molar-refractivity contribution in [3.8, 4) is 0 Å². The van der Waals surface area contributed by atoms with Gasteiger partial charge in [-0.05, 0) is 21.2 Å². The second-order valence-corrected chi connectivity index (χ2v) is 12.1. The van der Waals surface area contributed by atoms with Crippen molar-refractivity contribution < 1.29 is 17.6 Å². The first-order valence-electron chi connectivity index (χ1n) is 7.18. The number of rotatable bonds is 3. The second kappa shape index (κ2) is 5.12. The molecule has 121 valence electrons. The van der Waals surface area contributed by atoms with E-state index in [0.717, 1.165) is 19.0 Å². The number of nitrogens with zero attached hydrogens (tertiary/aromatic N) is 2. The lowest BCUT2D eigenvalue weighted by Crippen LogP contribution is -2.47. The van der Waals surface area contributed by atoms with Gasteiger partial charge < -0.3 is 8.99 Å². The van der Waals surface area contributed by atoms with Crippen LogP contribution in [-0.4, -0.2) is 24.0 Å². The van der Waals surface area contributed by atoms with Gasteiger partial charge in [-0.1, -0.05) is 20.8 Å². The standard InChI is InChI=1S/C14H23F3N2OSi/c1-13(2,3)21(4,5)20-11-6-10(7-11)19-8-12(18-9-19)14(15,16)17/h8-11H,6-7H2,1-5H3/q-1. The Balaban J connectivity index is 1.91. The van der Waals surface area contributed by atoms with Gasteiger partial charge in [-0.25, -0.2) is 4.98 Å². The van der Waals surface area contributed by atoms with E-state index in [0.29, 0.717) is 0 Å². The largest absolute Gasteiger partial charge is 0.562 e. The van der Waals surface area contributed by atoms with Crippen LogP contribution >= 0.6 is 0 Å². The highest BCUT2D eigenvalue weighted by molar-refractivity contribution is 6.74. The van der Waals surface area contributed by atoms with Gasteiger partial charge in [0.15, 0.2) is 5.69 Å². The maximum atomic E-state index is 12.5. The monoisotopic (exact) mass is 320 g/mol. The van der Waals surface area contributed by atoms with Gasteiger partial charge in [0, 0.05) is 18.3 Å². The molecular formula is C14H23F3N2OSi-. The second-order valence-electron chi connectivity index (χ2n) is 7.33. The first-order valence-corrected chi connectivity index (χ1v) is 10.1. The lowest BCUT2D eigenvalue weighted by Gasteiger charge is -2.54. The summed E-state index contributed by atoms with van der Waals surface area (Å²) in [6.07, 6.45) is -0.317. The van der Waals surface area contributed by atoms with E-state index in [1.165, 1.54) is 6.33 Å². The molecule has 0 atom stereocenters. The molecule has 0 bridgehead atoms. The third-order valence-corrected chi connectivity index (χ3v) is 9.19. The average molecular weight is 320 g/mol. The van der Waals surface area contributed by atoms with Gasteiger partial charge in [0.1, 0.15) is 0 Å². The summed E-state index contributed by atoms with van der Waals surface area (Å²) in [6, 6.07) is 0.0726. The molecule has 1 aliphatic carbocycles. The number of hydrogen-bond acceptors (Lipinski definition) is 2. The summed E-state index contributed by atoms with van der Waals surface area (Å²) >= 11 is 0. The topological polar surface area (TPSA) is 27.1 Å². The van der Waals surface area contributed by atoms with Crippen LogP contribution in [0.1, 0.15) is 45.3 Å². The van der Waals surface area contributed by atoms with E-state index in [4.69, 9.17) is 4.43 Å². The SMILES string of the molecule is CC(C)(C)[Si-](C)(C)OC1CC(n2cnc(C(F)(F)F)c2)C1. The molecule has 2 rings (SSSR count). The summed E-state index contributed by atoms with van der Waals surface area (Å²) in [5.41, 5.74) is -0.823. The molecule has 1 fully saturated rings. The first-order chi connectivity index (χ1) is 9.40. The summed E-state index contributed by atoms with van der Waals surface area (Å²) in [5, 5.41) is 0.149. The summed E-state index contributed by atoms with van der Waals surface area (Å²) in [4.78, 5) is 3.44. The van der Waals surface area contributed by atoms with Gasteiger partial charge in [-0.15, -0.1) is 18.1 Å². The minimum atomic E-state index is -4.37. The molecule has 1 heterocycles. The van der Waals surface area contributed by atoms with Gasteiger partial charge in [-0.2, -0.15) is 13.2 Å². The number of hydrogen-bond donors (Lipinski definition) is 0. The van der Waals surface area contributed by atoms with Gasteiger partial charge in [-0.3, -0.25) is 0 Å². The minimum Gasteiger partial charge on any atom is -0.562 e. The maximum absolute atomic E-state index is 12.5. The fraction of sp³-hybridized carbons (Fsp3) is 0.786. The van der Waals surface area contributed by atoms with Crippen LogP contribution in [-0.2, 0) is 10.6 Å². The third kappa shape index (κ3) is 3.51. The molecule has 0 spiro atoms. The molecule has 21 heavy (non-hydrogen) atoms. The summed E-state index contributed by atoms with van der Waals surface area (Å²) in [5.74, 6) is 0. The third-order valence-electron chi connectivity index (χ3n) is 4.65. The number of aromatic nitrogens is 2. The van der Waals surface area contributed by atoms with Crippen LogP contribution in [0.15, 0.2) is 12.5 Å². The van der Waals surface area contributed by atoms with Crippen molar-refractivity contribution in [1.82, 2.24) is 9.55 Å². The predicted octanol–water partition coefficient (Wildman–Crippen LogP) is 4.63. The van der Waals surface area contributed by atoms with Gasteiger partial charge in [0.2, 0.25) is 0 Å². The molecule has 1 saturated carbocycles. The fourth-order valence-corrected chi connectivity index (χ4v) is 3.53. The Bertz CT molecular complexity index is 499. The Labute approximate surface area is 124 Å². The van der Waals surface area contributed by atoms with Crippen molar-refractivity contribution in [3.63, 3.8) is 0 Å². The molecule has 0 unspecified atom stereocenters. The van der Waals surface area contributed by atoms with Gasteiger partial charge in [0.25, 0.3) is 0 Å². The Morgan fingerprint density at radius 2 is 1.81 bits per heavy atom. The van der Waals surface area contributed by atoms with E-state index in [9.17, 15) is 13.2 Å². The quantitative estimate of drug-likeness (QED) is 0.759. The highest BCUT2D eigenvalue weighted by atomic mass is 28.4. The molecule has 1 aliphatic rings. The van der Waals surface area contributed by atoms with E-state index < -0.39 is 20.2 Å². The summed E-state index contributed by atoms with van der Waals surface area (Å²) in [6.45, 7) is 10.9. The van der Waals surface area contributed by atoms with Crippen molar-refractivity contribution in [2.75, 3.05) is 0 Å². The zero-order valence-corrected chi connectivity index (χ0v) is 14.2. The van der Waals surface area contributed by atoms with Crippen molar-refractivity contribution in [2.45, 2.75) is 70.1 Å². The van der Waals surface area contributed by atoms with Gasteiger partial charge in [0.05, 0.1) is 6.33 Å². The lowest BCUT2D eigenvalue weighted by molar-refractivity contribution is -0.141. The van der Waals surface area contributed by atoms with Crippen LogP contribution in [0.5, 0.6) is 0 Å². The Morgan fingerprint density at radius 3 is 2.24 bits per heavy atom. The molecule has 1 aromatic heterocycles. The normalized spacial score (nSPS) is 24.0. The van der Waals surface area contributed by atoms with Crippen LogP contribution < -0.4 is 0 Å². The molecule has 0 radical (unpaired) electrons. The van der Waals surface area contributed by atoms with E-state index >= 15 is 0 Å². The Hall–Kier alpha value is -0.823. The van der Waals surface area contributed by atoms with Gasteiger partial charge >= 0.3 is 6.18 Å².